The molecule has 3 aromatic carbocycles. The Morgan fingerprint density at radius 1 is 0.844 bits per heavy atom. The van der Waals surface area contributed by atoms with Gasteiger partial charge in [0.25, 0.3) is 5.91 Å². The number of carbonyl (C=O) groups excluding carboxylic acids is 2. The Balaban J connectivity index is 1.99. The number of allylic oxidation sites excluding steroid dienone is 1. The van der Waals surface area contributed by atoms with Crippen molar-refractivity contribution in [3.63, 3.8) is 0 Å². The lowest BCUT2D eigenvalue weighted by Crippen LogP contribution is -2.59. The fourth-order valence-corrected chi connectivity index (χ4v) is 4.50. The van der Waals surface area contributed by atoms with Crippen molar-refractivity contribution < 1.29 is 14.7 Å². The van der Waals surface area contributed by atoms with E-state index in [9.17, 15) is 14.7 Å². The molecule has 1 saturated heterocycles. The first kappa shape index (κ1) is 22.1. The van der Waals surface area contributed by atoms with Gasteiger partial charge in [0, 0.05) is 21.3 Å². The number of benzene rings is 3. The summed E-state index contributed by atoms with van der Waals surface area (Å²) in [5, 5.41) is 12.1. The second-order valence-electron chi connectivity index (χ2n) is 7.18. The van der Waals surface area contributed by atoms with E-state index in [1.807, 2.05) is 13.0 Å². The van der Waals surface area contributed by atoms with Gasteiger partial charge in [0.2, 0.25) is 0 Å². The highest BCUT2D eigenvalue weighted by molar-refractivity contribution is 6.38. The van der Waals surface area contributed by atoms with E-state index in [1.165, 1.54) is 4.90 Å². The number of anilines is 2. The second kappa shape index (κ2) is 9.17. The van der Waals surface area contributed by atoms with Crippen molar-refractivity contribution in [3.05, 3.63) is 100 Å². The molecule has 162 valence electrons. The predicted octanol–water partition coefficient (Wildman–Crippen LogP) is 6.15. The molecule has 3 aromatic rings. The molecule has 1 N–H and O–H groups in total. The molecule has 1 unspecified atom stereocenters. The number of imide groups is 1. The molecule has 0 spiro atoms. The van der Waals surface area contributed by atoms with Gasteiger partial charge in [-0.1, -0.05) is 72.6 Å². The number of hydrogen-bond acceptors (Lipinski definition) is 3. The average molecular weight is 467 g/mol. The molecule has 1 fully saturated rings. The standard InChI is InChI=1S/C25H20Cl2N2O3/c1-2-18(21-19(26)14-9-15-20(21)27)22-23(30)28(16-10-5-3-6-11-16)25(32)29(24(22)31)17-12-7-4-8-13-17/h3-15,23,30H,2H2,1H3/b22-18+. The van der Waals surface area contributed by atoms with Crippen LogP contribution in [-0.2, 0) is 4.79 Å². The Morgan fingerprint density at radius 3 is 1.91 bits per heavy atom. The minimum atomic E-state index is -1.51. The Labute approximate surface area is 196 Å². The highest BCUT2D eigenvalue weighted by atomic mass is 35.5. The molecule has 0 aromatic heterocycles. The molecular formula is C25H20Cl2N2O3. The second-order valence-corrected chi connectivity index (χ2v) is 7.99. The lowest BCUT2D eigenvalue weighted by atomic mass is 9.93. The third-order valence-corrected chi connectivity index (χ3v) is 5.96. The largest absolute Gasteiger partial charge is 0.369 e. The highest BCUT2D eigenvalue weighted by Gasteiger charge is 2.45. The Morgan fingerprint density at radius 2 is 1.38 bits per heavy atom. The van der Waals surface area contributed by atoms with Crippen molar-refractivity contribution in [3.8, 4) is 0 Å². The van der Waals surface area contributed by atoms with Gasteiger partial charge in [-0.2, -0.15) is 0 Å². The normalized spacial score (nSPS) is 18.2. The first-order chi connectivity index (χ1) is 15.5. The number of halogens is 2. The topological polar surface area (TPSA) is 60.9 Å². The maximum absolute atomic E-state index is 13.7. The molecule has 4 rings (SSSR count). The molecule has 0 saturated carbocycles. The van der Waals surface area contributed by atoms with Crippen molar-refractivity contribution in [1.29, 1.82) is 0 Å². The highest BCUT2D eigenvalue weighted by Crippen LogP contribution is 2.39. The van der Waals surface area contributed by atoms with Crippen LogP contribution in [0.25, 0.3) is 5.57 Å². The quantitative estimate of drug-likeness (QED) is 0.469. The first-order valence-electron chi connectivity index (χ1n) is 10.1. The predicted molar refractivity (Wildman–Crippen MR) is 128 cm³/mol. The van der Waals surface area contributed by atoms with E-state index >= 15 is 0 Å². The van der Waals surface area contributed by atoms with Crippen molar-refractivity contribution in [1.82, 2.24) is 0 Å². The first-order valence-corrected chi connectivity index (χ1v) is 10.8. The van der Waals surface area contributed by atoms with Crippen molar-refractivity contribution in [2.24, 2.45) is 0 Å². The van der Waals surface area contributed by atoms with Crippen LogP contribution in [0, 0.1) is 0 Å². The van der Waals surface area contributed by atoms with Gasteiger partial charge in [-0.25, -0.2) is 9.69 Å². The molecule has 0 aliphatic carbocycles. The van der Waals surface area contributed by atoms with E-state index in [1.54, 1.807) is 72.8 Å². The maximum atomic E-state index is 13.7. The number of amides is 3. The number of hydrogen-bond donors (Lipinski definition) is 1. The summed E-state index contributed by atoms with van der Waals surface area (Å²) in [6, 6.07) is 21.7. The molecule has 7 heteroatoms. The van der Waals surface area contributed by atoms with E-state index in [2.05, 4.69) is 0 Å². The van der Waals surface area contributed by atoms with E-state index in [0.29, 0.717) is 39.0 Å². The van der Waals surface area contributed by atoms with Gasteiger partial charge < -0.3 is 5.11 Å². The van der Waals surface area contributed by atoms with Gasteiger partial charge in [-0.15, -0.1) is 0 Å². The van der Waals surface area contributed by atoms with E-state index < -0.39 is 18.2 Å². The molecule has 5 nitrogen and oxygen atoms in total. The number of aliphatic hydroxyl groups excluding tert-OH is 1. The molecule has 1 aliphatic heterocycles. The summed E-state index contributed by atoms with van der Waals surface area (Å²) < 4.78 is 0. The summed E-state index contributed by atoms with van der Waals surface area (Å²) in [7, 11) is 0. The van der Waals surface area contributed by atoms with Crippen LogP contribution in [0.1, 0.15) is 18.9 Å². The minimum absolute atomic E-state index is 0.0507. The Hall–Kier alpha value is -3.12. The number of para-hydroxylation sites is 2. The van der Waals surface area contributed by atoms with Crippen LogP contribution in [0.5, 0.6) is 0 Å². The van der Waals surface area contributed by atoms with Gasteiger partial charge in [-0.05, 0) is 48.4 Å². The van der Waals surface area contributed by atoms with E-state index in [4.69, 9.17) is 23.2 Å². The molecule has 1 heterocycles. The number of nitrogens with zero attached hydrogens (tertiary/aromatic N) is 2. The molecule has 1 aliphatic rings. The fraction of sp³-hybridized carbons (Fsp3) is 0.120. The molecular weight excluding hydrogens is 447 g/mol. The van der Waals surface area contributed by atoms with E-state index in [-0.39, 0.29) is 5.57 Å². The Kier molecular flexibility index (Phi) is 6.33. The molecule has 3 amide bonds. The summed E-state index contributed by atoms with van der Waals surface area (Å²) in [6.45, 7) is 1.85. The summed E-state index contributed by atoms with van der Waals surface area (Å²) in [5.41, 5.74) is 1.85. The summed E-state index contributed by atoms with van der Waals surface area (Å²) >= 11 is 12.9. The van der Waals surface area contributed by atoms with Gasteiger partial charge in [0.1, 0.15) is 0 Å². The number of aliphatic hydroxyl groups is 1. The van der Waals surface area contributed by atoms with E-state index in [0.717, 1.165) is 4.90 Å². The molecule has 1 atom stereocenters. The lowest BCUT2D eigenvalue weighted by Gasteiger charge is -2.40. The van der Waals surface area contributed by atoms with Crippen LogP contribution in [0.2, 0.25) is 10.0 Å². The molecule has 0 radical (unpaired) electrons. The van der Waals surface area contributed by atoms with Crippen molar-refractivity contribution in [2.75, 3.05) is 9.80 Å². The van der Waals surface area contributed by atoms with Crippen LogP contribution < -0.4 is 9.80 Å². The van der Waals surface area contributed by atoms with Crippen LogP contribution >= 0.6 is 23.2 Å². The maximum Gasteiger partial charge on any atom is 0.338 e. The van der Waals surface area contributed by atoms with Crippen molar-refractivity contribution in [2.45, 2.75) is 19.6 Å². The molecule has 0 bridgehead atoms. The third kappa shape index (κ3) is 3.79. The summed E-state index contributed by atoms with van der Waals surface area (Å²) in [6.07, 6.45) is -1.15. The van der Waals surface area contributed by atoms with Gasteiger partial charge >= 0.3 is 6.03 Å². The zero-order valence-electron chi connectivity index (χ0n) is 17.2. The van der Waals surface area contributed by atoms with Crippen LogP contribution in [0.4, 0.5) is 16.2 Å². The Bertz CT molecular complexity index is 1180. The molecule has 32 heavy (non-hydrogen) atoms. The zero-order chi connectivity index (χ0) is 22.8. The number of urea groups is 1. The third-order valence-electron chi connectivity index (χ3n) is 5.33. The number of rotatable bonds is 4. The SMILES string of the molecule is CC/C(=C1\C(=O)N(c2ccccc2)C(=O)N(c2ccccc2)C1O)c1c(Cl)cccc1Cl. The van der Waals surface area contributed by atoms with Gasteiger partial charge in [-0.3, -0.25) is 9.69 Å². The zero-order valence-corrected chi connectivity index (χ0v) is 18.7. The smallest absolute Gasteiger partial charge is 0.338 e. The van der Waals surface area contributed by atoms with Crippen LogP contribution in [-0.4, -0.2) is 23.3 Å². The van der Waals surface area contributed by atoms with Crippen molar-refractivity contribution >= 4 is 52.1 Å². The number of carbonyl (C=O) groups is 2. The van der Waals surface area contributed by atoms with Crippen LogP contribution in [0.3, 0.4) is 0 Å². The summed E-state index contributed by atoms with van der Waals surface area (Å²) in [4.78, 5) is 29.4. The monoisotopic (exact) mass is 466 g/mol. The lowest BCUT2D eigenvalue weighted by molar-refractivity contribution is -0.115. The summed E-state index contributed by atoms with van der Waals surface area (Å²) in [5.74, 6) is -0.617. The van der Waals surface area contributed by atoms with Gasteiger partial charge in [0.05, 0.1) is 11.3 Å². The fourth-order valence-electron chi connectivity index (χ4n) is 3.88. The van der Waals surface area contributed by atoms with Crippen LogP contribution in [0.15, 0.2) is 84.4 Å². The van der Waals surface area contributed by atoms with Gasteiger partial charge in [0.15, 0.2) is 6.23 Å². The average Bonchev–Trinajstić information content (AvgIpc) is 2.79. The minimum Gasteiger partial charge on any atom is -0.369 e.